The number of para-hydroxylation sites is 1. The van der Waals surface area contributed by atoms with Gasteiger partial charge in [-0.15, -0.1) is 0 Å². The molecule has 0 fully saturated rings. The molecule has 1 aromatic heterocycles. The summed E-state index contributed by atoms with van der Waals surface area (Å²) in [5.74, 6) is 0.949. The van der Waals surface area contributed by atoms with Gasteiger partial charge >= 0.3 is 5.69 Å². The predicted octanol–water partition coefficient (Wildman–Crippen LogP) is 1.68. The minimum absolute atomic E-state index is 0.108. The lowest BCUT2D eigenvalue weighted by atomic mass is 10.1. The van der Waals surface area contributed by atoms with Gasteiger partial charge in [0.2, 0.25) is 0 Å². The highest BCUT2D eigenvalue weighted by Gasteiger charge is 2.17. The summed E-state index contributed by atoms with van der Waals surface area (Å²) < 4.78 is 11.9. The lowest BCUT2D eigenvalue weighted by Gasteiger charge is -2.17. The van der Waals surface area contributed by atoms with E-state index in [0.29, 0.717) is 22.4 Å². The van der Waals surface area contributed by atoms with Crippen molar-refractivity contribution in [3.05, 3.63) is 68.9 Å². The van der Waals surface area contributed by atoms with Crippen LogP contribution in [-0.2, 0) is 0 Å². The van der Waals surface area contributed by atoms with E-state index in [2.05, 4.69) is 4.98 Å². The summed E-state index contributed by atoms with van der Waals surface area (Å²) in [7, 11) is 1.50. The van der Waals surface area contributed by atoms with Gasteiger partial charge in [-0.2, -0.15) is 0 Å². The maximum atomic E-state index is 12.8. The second-order valence-corrected chi connectivity index (χ2v) is 5.81. The molecule has 26 heavy (non-hydrogen) atoms. The fraction of sp³-hybridized carbons (Fsp3) is 0.263. The molecule has 3 aromatic rings. The maximum absolute atomic E-state index is 12.8. The average molecular weight is 356 g/mol. The van der Waals surface area contributed by atoms with Crippen LogP contribution in [0.25, 0.3) is 10.9 Å². The number of aromatic amines is 1. The number of nitrogens with zero attached hydrogens (tertiary/aromatic N) is 1. The molecule has 1 unspecified atom stereocenters. The Kier molecular flexibility index (Phi) is 5.09. The van der Waals surface area contributed by atoms with Crippen LogP contribution in [0, 0.1) is 0 Å². The van der Waals surface area contributed by atoms with Crippen molar-refractivity contribution in [3.8, 4) is 11.5 Å². The minimum atomic E-state index is -0.503. The molecule has 0 saturated carbocycles. The third kappa shape index (κ3) is 3.21. The molecule has 0 spiro atoms. The zero-order valence-electron chi connectivity index (χ0n) is 14.6. The van der Waals surface area contributed by atoms with E-state index in [1.165, 1.54) is 11.7 Å². The first-order chi connectivity index (χ1) is 12.6. The van der Waals surface area contributed by atoms with Gasteiger partial charge in [0, 0.05) is 0 Å². The molecule has 0 saturated heterocycles. The van der Waals surface area contributed by atoms with Gasteiger partial charge in [0.05, 0.1) is 30.7 Å². The van der Waals surface area contributed by atoms with Gasteiger partial charge in [-0.05, 0) is 36.8 Å². The summed E-state index contributed by atoms with van der Waals surface area (Å²) >= 11 is 0. The SMILES string of the molecule is COc1cc(C(C)n2c(=O)[nH]c3ccccc3c2=O)ccc1OCCO. The molecular weight excluding hydrogens is 336 g/mol. The molecule has 0 radical (unpaired) electrons. The average Bonchev–Trinajstić information content (AvgIpc) is 2.66. The summed E-state index contributed by atoms with van der Waals surface area (Å²) in [6, 6.07) is 11.6. The van der Waals surface area contributed by atoms with E-state index < -0.39 is 11.7 Å². The van der Waals surface area contributed by atoms with Crippen LogP contribution < -0.4 is 20.7 Å². The summed E-state index contributed by atoms with van der Waals surface area (Å²) in [4.78, 5) is 28.0. The molecular formula is C19H20N2O5. The lowest BCUT2D eigenvalue weighted by molar-refractivity contribution is 0.196. The van der Waals surface area contributed by atoms with Gasteiger partial charge in [-0.1, -0.05) is 18.2 Å². The highest BCUT2D eigenvalue weighted by molar-refractivity contribution is 5.76. The minimum Gasteiger partial charge on any atom is -0.493 e. The van der Waals surface area contributed by atoms with Gasteiger partial charge in [0.15, 0.2) is 11.5 Å². The zero-order valence-corrected chi connectivity index (χ0v) is 14.6. The van der Waals surface area contributed by atoms with E-state index in [4.69, 9.17) is 14.6 Å². The number of aromatic nitrogens is 2. The first kappa shape index (κ1) is 17.8. The number of methoxy groups -OCH3 is 1. The number of rotatable bonds is 6. The van der Waals surface area contributed by atoms with Crippen LogP contribution in [0.2, 0.25) is 0 Å². The van der Waals surface area contributed by atoms with Crippen LogP contribution in [-0.4, -0.2) is 35.0 Å². The molecule has 0 amide bonds. The standard InChI is InChI=1S/C19H20N2O5/c1-12(13-7-8-16(26-10-9-22)17(11-13)25-2)21-18(23)14-5-3-4-6-15(14)20-19(21)24/h3-8,11-12,22H,9-10H2,1-2H3,(H,20,24). The molecule has 0 aliphatic carbocycles. The fourth-order valence-corrected chi connectivity index (χ4v) is 2.90. The van der Waals surface area contributed by atoms with Gasteiger partial charge < -0.3 is 19.6 Å². The van der Waals surface area contributed by atoms with E-state index in [0.717, 1.165) is 5.56 Å². The number of aliphatic hydroxyl groups excluding tert-OH is 1. The van der Waals surface area contributed by atoms with E-state index in [9.17, 15) is 9.59 Å². The number of hydrogen-bond acceptors (Lipinski definition) is 5. The summed E-state index contributed by atoms with van der Waals surface area (Å²) in [5.41, 5.74) is 0.412. The summed E-state index contributed by atoms with van der Waals surface area (Å²) in [6.07, 6.45) is 0. The Morgan fingerprint density at radius 2 is 1.92 bits per heavy atom. The second kappa shape index (κ2) is 7.45. The topological polar surface area (TPSA) is 93.6 Å². The van der Waals surface area contributed by atoms with E-state index >= 15 is 0 Å². The smallest absolute Gasteiger partial charge is 0.329 e. The second-order valence-electron chi connectivity index (χ2n) is 5.81. The van der Waals surface area contributed by atoms with E-state index in [-0.39, 0.29) is 18.8 Å². The van der Waals surface area contributed by atoms with Crippen molar-refractivity contribution in [2.24, 2.45) is 0 Å². The van der Waals surface area contributed by atoms with Crippen LogP contribution in [0.1, 0.15) is 18.5 Å². The maximum Gasteiger partial charge on any atom is 0.329 e. The molecule has 3 rings (SSSR count). The van der Waals surface area contributed by atoms with Crippen LogP contribution in [0.3, 0.4) is 0 Å². The number of benzene rings is 2. The molecule has 1 heterocycles. The number of H-pyrrole nitrogens is 1. The van der Waals surface area contributed by atoms with Crippen LogP contribution >= 0.6 is 0 Å². The molecule has 7 heteroatoms. The third-order valence-corrected chi connectivity index (χ3v) is 4.24. The highest BCUT2D eigenvalue weighted by atomic mass is 16.5. The Morgan fingerprint density at radius 3 is 2.65 bits per heavy atom. The normalized spacial score (nSPS) is 12.1. The molecule has 0 aliphatic heterocycles. The Morgan fingerprint density at radius 1 is 1.15 bits per heavy atom. The quantitative estimate of drug-likeness (QED) is 0.701. The monoisotopic (exact) mass is 356 g/mol. The van der Waals surface area contributed by atoms with Crippen molar-refractivity contribution in [1.29, 1.82) is 0 Å². The number of aliphatic hydroxyl groups is 1. The van der Waals surface area contributed by atoms with E-state index in [1.807, 2.05) is 0 Å². The van der Waals surface area contributed by atoms with E-state index in [1.54, 1.807) is 49.4 Å². The van der Waals surface area contributed by atoms with Crippen molar-refractivity contribution in [3.63, 3.8) is 0 Å². The third-order valence-electron chi connectivity index (χ3n) is 4.24. The summed E-state index contributed by atoms with van der Waals surface area (Å²) in [6.45, 7) is 1.81. The Labute approximate surface area is 149 Å². The molecule has 0 bridgehead atoms. The van der Waals surface area contributed by atoms with Crippen molar-refractivity contribution >= 4 is 10.9 Å². The Balaban J connectivity index is 2.07. The zero-order chi connectivity index (χ0) is 18.7. The van der Waals surface area contributed by atoms with Gasteiger partial charge in [0.25, 0.3) is 5.56 Å². The largest absolute Gasteiger partial charge is 0.493 e. The predicted molar refractivity (Wildman–Crippen MR) is 98.2 cm³/mol. The molecule has 1 atom stereocenters. The first-order valence-corrected chi connectivity index (χ1v) is 8.22. The van der Waals surface area contributed by atoms with Crippen molar-refractivity contribution < 1.29 is 14.6 Å². The lowest BCUT2D eigenvalue weighted by Crippen LogP contribution is -2.37. The number of ether oxygens (including phenoxy) is 2. The van der Waals surface area contributed by atoms with Crippen LogP contribution in [0.4, 0.5) is 0 Å². The molecule has 7 nitrogen and oxygen atoms in total. The fourth-order valence-electron chi connectivity index (χ4n) is 2.90. The Hall–Kier alpha value is -3.06. The molecule has 136 valence electrons. The van der Waals surface area contributed by atoms with Crippen molar-refractivity contribution in [1.82, 2.24) is 9.55 Å². The number of hydrogen-bond donors (Lipinski definition) is 2. The molecule has 2 aromatic carbocycles. The van der Waals surface area contributed by atoms with Gasteiger partial charge in [0.1, 0.15) is 6.61 Å². The van der Waals surface area contributed by atoms with Gasteiger partial charge in [-0.3, -0.25) is 9.36 Å². The molecule has 0 aliphatic rings. The Bertz CT molecular complexity index is 1040. The number of fused-ring (bicyclic) bond motifs is 1. The molecule has 2 N–H and O–H groups in total. The number of nitrogens with one attached hydrogen (secondary N) is 1. The van der Waals surface area contributed by atoms with Crippen molar-refractivity contribution in [2.45, 2.75) is 13.0 Å². The van der Waals surface area contributed by atoms with Crippen LogP contribution in [0.5, 0.6) is 11.5 Å². The van der Waals surface area contributed by atoms with Crippen LogP contribution in [0.15, 0.2) is 52.1 Å². The van der Waals surface area contributed by atoms with Gasteiger partial charge in [-0.25, -0.2) is 4.79 Å². The first-order valence-electron chi connectivity index (χ1n) is 8.22. The highest BCUT2D eigenvalue weighted by Crippen LogP contribution is 2.30. The summed E-state index contributed by atoms with van der Waals surface area (Å²) in [5, 5.41) is 9.34. The van der Waals surface area contributed by atoms with Crippen molar-refractivity contribution in [2.75, 3.05) is 20.3 Å².